The lowest BCUT2D eigenvalue weighted by Crippen LogP contribution is -2.32. The molecule has 0 aliphatic carbocycles. The van der Waals surface area contributed by atoms with Crippen LogP contribution < -0.4 is 14.8 Å². The Morgan fingerprint density at radius 2 is 2.00 bits per heavy atom. The summed E-state index contributed by atoms with van der Waals surface area (Å²) in [4.78, 5) is 0. The first-order valence-electron chi connectivity index (χ1n) is 7.38. The van der Waals surface area contributed by atoms with E-state index in [-0.39, 0.29) is 12.1 Å². The quantitative estimate of drug-likeness (QED) is 0.873. The Bertz CT molecular complexity index is 481. The first-order valence-corrected chi connectivity index (χ1v) is 7.76. The molecule has 0 radical (unpaired) electrons. The molecule has 0 saturated carbocycles. The van der Waals surface area contributed by atoms with Crippen molar-refractivity contribution in [2.45, 2.75) is 32.4 Å². The predicted molar refractivity (Wildman–Crippen MR) is 84.5 cm³/mol. The first-order chi connectivity index (χ1) is 10.1. The third kappa shape index (κ3) is 3.44. The Labute approximate surface area is 131 Å². The molecule has 1 aliphatic heterocycles. The second kappa shape index (κ2) is 7.34. The molecule has 1 heterocycles. The van der Waals surface area contributed by atoms with Gasteiger partial charge in [0.05, 0.1) is 20.3 Å². The molecule has 4 nitrogen and oxygen atoms in total. The molecule has 1 saturated heterocycles. The van der Waals surface area contributed by atoms with Crippen LogP contribution in [0.25, 0.3) is 0 Å². The van der Waals surface area contributed by atoms with Gasteiger partial charge in [-0.3, -0.25) is 0 Å². The van der Waals surface area contributed by atoms with Gasteiger partial charge in [-0.15, -0.1) is 0 Å². The molecule has 1 fully saturated rings. The van der Waals surface area contributed by atoms with Crippen LogP contribution in [0.2, 0.25) is 5.02 Å². The summed E-state index contributed by atoms with van der Waals surface area (Å²) in [6.07, 6.45) is 1.25. The second-order valence-corrected chi connectivity index (χ2v) is 5.70. The van der Waals surface area contributed by atoms with E-state index >= 15 is 0 Å². The molecule has 3 unspecified atom stereocenters. The smallest absolute Gasteiger partial charge is 0.162 e. The van der Waals surface area contributed by atoms with Crippen molar-refractivity contribution in [1.82, 2.24) is 5.32 Å². The maximum Gasteiger partial charge on any atom is 0.162 e. The normalized spacial score (nSPS) is 23.1. The number of hydrogen-bond donors (Lipinski definition) is 1. The fraction of sp³-hybridized carbons (Fsp3) is 0.625. The summed E-state index contributed by atoms with van der Waals surface area (Å²) in [7, 11) is 3.25. The monoisotopic (exact) mass is 313 g/mol. The van der Waals surface area contributed by atoms with Crippen LogP contribution >= 0.6 is 11.6 Å². The van der Waals surface area contributed by atoms with Gasteiger partial charge in [0, 0.05) is 29.7 Å². The Morgan fingerprint density at radius 3 is 2.52 bits per heavy atom. The fourth-order valence-corrected chi connectivity index (χ4v) is 3.28. The van der Waals surface area contributed by atoms with E-state index in [0.29, 0.717) is 22.4 Å². The molecule has 0 amide bonds. The number of rotatable bonds is 6. The van der Waals surface area contributed by atoms with Gasteiger partial charge in [-0.1, -0.05) is 18.5 Å². The van der Waals surface area contributed by atoms with Gasteiger partial charge >= 0.3 is 0 Å². The van der Waals surface area contributed by atoms with Gasteiger partial charge in [-0.25, -0.2) is 0 Å². The molecule has 3 atom stereocenters. The van der Waals surface area contributed by atoms with Gasteiger partial charge in [0.1, 0.15) is 0 Å². The van der Waals surface area contributed by atoms with Crippen molar-refractivity contribution in [3.05, 3.63) is 22.7 Å². The average Bonchev–Trinajstić information content (AvgIpc) is 2.90. The minimum atomic E-state index is 0.153. The van der Waals surface area contributed by atoms with Crippen molar-refractivity contribution in [2.24, 2.45) is 5.92 Å². The molecule has 118 valence electrons. The predicted octanol–water partition coefficient (Wildman–Crippen LogP) is 3.43. The van der Waals surface area contributed by atoms with Crippen LogP contribution in [0.3, 0.4) is 0 Å². The molecule has 0 bridgehead atoms. The van der Waals surface area contributed by atoms with E-state index in [9.17, 15) is 0 Å². The Hall–Kier alpha value is -0.970. The Kier molecular flexibility index (Phi) is 5.73. The molecule has 1 aliphatic rings. The van der Waals surface area contributed by atoms with Crippen molar-refractivity contribution in [3.8, 4) is 11.5 Å². The van der Waals surface area contributed by atoms with Gasteiger partial charge < -0.3 is 19.5 Å². The Morgan fingerprint density at radius 1 is 1.33 bits per heavy atom. The summed E-state index contributed by atoms with van der Waals surface area (Å²) in [5.41, 5.74) is 1.04. The molecule has 2 rings (SSSR count). The van der Waals surface area contributed by atoms with Gasteiger partial charge in [0.15, 0.2) is 11.5 Å². The van der Waals surface area contributed by atoms with Crippen molar-refractivity contribution < 1.29 is 14.2 Å². The van der Waals surface area contributed by atoms with E-state index in [4.69, 9.17) is 25.8 Å². The molecular formula is C16H24ClNO3. The first kappa shape index (κ1) is 16.4. The van der Waals surface area contributed by atoms with Crippen LogP contribution in [0.5, 0.6) is 11.5 Å². The highest BCUT2D eigenvalue weighted by Gasteiger charge is 2.34. The molecule has 0 spiro atoms. The van der Waals surface area contributed by atoms with E-state index in [0.717, 1.165) is 25.1 Å². The van der Waals surface area contributed by atoms with Gasteiger partial charge in [0.2, 0.25) is 0 Å². The van der Waals surface area contributed by atoms with Crippen LogP contribution in [0.1, 0.15) is 31.9 Å². The van der Waals surface area contributed by atoms with Gasteiger partial charge in [-0.05, 0) is 31.5 Å². The fourth-order valence-electron chi connectivity index (χ4n) is 3.01. The van der Waals surface area contributed by atoms with E-state index in [1.54, 1.807) is 14.2 Å². The van der Waals surface area contributed by atoms with Crippen LogP contribution in [-0.2, 0) is 4.74 Å². The topological polar surface area (TPSA) is 39.7 Å². The van der Waals surface area contributed by atoms with E-state index in [2.05, 4.69) is 19.2 Å². The minimum Gasteiger partial charge on any atom is -0.493 e. The van der Waals surface area contributed by atoms with Crippen molar-refractivity contribution >= 4 is 11.6 Å². The molecule has 21 heavy (non-hydrogen) atoms. The maximum absolute atomic E-state index is 6.48. The lowest BCUT2D eigenvalue weighted by atomic mass is 9.88. The zero-order valence-electron chi connectivity index (χ0n) is 13.1. The summed E-state index contributed by atoms with van der Waals surface area (Å²) >= 11 is 6.48. The highest BCUT2D eigenvalue weighted by Crippen LogP contribution is 2.41. The zero-order chi connectivity index (χ0) is 15.4. The lowest BCUT2D eigenvalue weighted by Gasteiger charge is -2.28. The summed E-state index contributed by atoms with van der Waals surface area (Å²) in [6.45, 7) is 5.90. The standard InChI is InChI=1S/C16H24ClNO3/c1-5-18-16(11-6-7-21-10(11)2)12-8-14(19-3)15(20-4)9-13(12)17/h8-11,16,18H,5-7H2,1-4H3. The average molecular weight is 314 g/mol. The minimum absolute atomic E-state index is 0.153. The second-order valence-electron chi connectivity index (χ2n) is 5.29. The summed E-state index contributed by atoms with van der Waals surface area (Å²) in [6, 6.07) is 3.94. The van der Waals surface area contributed by atoms with E-state index in [1.165, 1.54) is 0 Å². The van der Waals surface area contributed by atoms with Crippen molar-refractivity contribution in [2.75, 3.05) is 27.4 Å². The van der Waals surface area contributed by atoms with Gasteiger partial charge in [-0.2, -0.15) is 0 Å². The SMILES string of the molecule is CCNC(c1cc(OC)c(OC)cc1Cl)C1CCOC1C. The number of ether oxygens (including phenoxy) is 3. The molecule has 5 heteroatoms. The molecule has 1 aromatic rings. The summed E-state index contributed by atoms with van der Waals surface area (Å²) < 4.78 is 16.4. The highest BCUT2D eigenvalue weighted by atomic mass is 35.5. The van der Waals surface area contributed by atoms with E-state index in [1.807, 2.05) is 12.1 Å². The molecule has 1 N–H and O–H groups in total. The summed E-state index contributed by atoms with van der Waals surface area (Å²) in [5, 5.41) is 4.23. The van der Waals surface area contributed by atoms with Crippen molar-refractivity contribution in [1.29, 1.82) is 0 Å². The Balaban J connectivity index is 2.39. The molecule has 1 aromatic carbocycles. The van der Waals surface area contributed by atoms with Crippen LogP contribution in [0, 0.1) is 5.92 Å². The number of hydrogen-bond acceptors (Lipinski definition) is 4. The molecular weight excluding hydrogens is 290 g/mol. The maximum atomic E-state index is 6.48. The number of halogens is 1. The van der Waals surface area contributed by atoms with Crippen LogP contribution in [0.15, 0.2) is 12.1 Å². The number of methoxy groups -OCH3 is 2. The van der Waals surface area contributed by atoms with E-state index < -0.39 is 0 Å². The third-order valence-electron chi connectivity index (χ3n) is 4.12. The van der Waals surface area contributed by atoms with Crippen LogP contribution in [0.4, 0.5) is 0 Å². The van der Waals surface area contributed by atoms with Crippen LogP contribution in [-0.4, -0.2) is 33.5 Å². The largest absolute Gasteiger partial charge is 0.493 e. The lowest BCUT2D eigenvalue weighted by molar-refractivity contribution is 0.0955. The number of nitrogens with one attached hydrogen (secondary N) is 1. The highest BCUT2D eigenvalue weighted by molar-refractivity contribution is 6.31. The number of benzene rings is 1. The van der Waals surface area contributed by atoms with Gasteiger partial charge in [0.25, 0.3) is 0 Å². The summed E-state index contributed by atoms with van der Waals surface area (Å²) in [5.74, 6) is 1.75. The third-order valence-corrected chi connectivity index (χ3v) is 4.45. The zero-order valence-corrected chi connectivity index (χ0v) is 13.9. The molecule has 0 aromatic heterocycles. The van der Waals surface area contributed by atoms with Crippen molar-refractivity contribution in [3.63, 3.8) is 0 Å².